The number of ketones is 2. The van der Waals surface area contributed by atoms with Crippen LogP contribution in [0.1, 0.15) is 39.3 Å². The minimum absolute atomic E-state index is 0.00639. The van der Waals surface area contributed by atoms with Crippen molar-refractivity contribution >= 4 is 11.6 Å². The number of aromatic hydroxyl groups is 1. The molecule has 0 spiro atoms. The Labute approximate surface area is 115 Å². The quantitative estimate of drug-likeness (QED) is 0.867. The van der Waals surface area contributed by atoms with E-state index in [0.29, 0.717) is 0 Å². The van der Waals surface area contributed by atoms with E-state index in [1.54, 1.807) is 0 Å². The van der Waals surface area contributed by atoms with Crippen LogP contribution in [0.5, 0.6) is 11.5 Å². The van der Waals surface area contributed by atoms with Crippen LogP contribution >= 0.6 is 0 Å². The normalized spacial score (nSPS) is 15.5. The number of methoxy groups -OCH3 is 2. The predicted molar refractivity (Wildman–Crippen MR) is 69.0 cm³/mol. The van der Waals surface area contributed by atoms with E-state index in [1.807, 2.05) is 0 Å². The van der Waals surface area contributed by atoms with Gasteiger partial charge < -0.3 is 19.7 Å². The number of Topliss-reactive ketones (excluding diaryl/α,β-unsaturated/α-hetero) is 1. The lowest BCUT2D eigenvalue weighted by Gasteiger charge is -2.20. The highest BCUT2D eigenvalue weighted by Crippen LogP contribution is 2.40. The number of carbonyl (C=O) groups is 2. The lowest BCUT2D eigenvalue weighted by molar-refractivity contribution is 0.0913. The van der Waals surface area contributed by atoms with Crippen LogP contribution < -0.4 is 4.74 Å². The molecule has 0 bridgehead atoms. The third kappa shape index (κ3) is 1.94. The average molecular weight is 278 g/mol. The van der Waals surface area contributed by atoms with Crippen molar-refractivity contribution in [3.05, 3.63) is 34.6 Å². The lowest BCUT2D eigenvalue weighted by atomic mass is 9.89. The van der Waals surface area contributed by atoms with Gasteiger partial charge in [-0.05, 0) is 13.0 Å². The van der Waals surface area contributed by atoms with Gasteiger partial charge in [-0.15, -0.1) is 0 Å². The van der Waals surface area contributed by atoms with E-state index in [2.05, 4.69) is 0 Å². The number of hydrogen-bond acceptors (Lipinski definition) is 6. The van der Waals surface area contributed by atoms with E-state index < -0.39 is 23.4 Å². The number of phenolic OH excluding ortho intramolecular Hbond substituents is 1. The fourth-order valence-corrected chi connectivity index (χ4v) is 2.20. The standard InChI is InChI=1S/C14H14O6/c1-6(15)11-9(19-2)4-7-12(14(11)18)8(16)5-10(20-3)13(7)17/h4-6,15,18H,1-3H3. The van der Waals surface area contributed by atoms with Crippen molar-refractivity contribution in [2.75, 3.05) is 14.2 Å². The molecule has 1 unspecified atom stereocenters. The Morgan fingerprint density at radius 2 is 1.85 bits per heavy atom. The van der Waals surface area contributed by atoms with Crippen LogP contribution in [-0.4, -0.2) is 36.0 Å². The van der Waals surface area contributed by atoms with Crippen LogP contribution in [0.4, 0.5) is 0 Å². The molecule has 106 valence electrons. The second-order valence-corrected chi connectivity index (χ2v) is 4.35. The second kappa shape index (κ2) is 4.97. The first-order valence-corrected chi connectivity index (χ1v) is 5.89. The second-order valence-electron chi connectivity index (χ2n) is 4.35. The topological polar surface area (TPSA) is 93.1 Å². The van der Waals surface area contributed by atoms with E-state index in [0.717, 1.165) is 6.08 Å². The van der Waals surface area contributed by atoms with Crippen LogP contribution in [0.25, 0.3) is 0 Å². The maximum Gasteiger partial charge on any atom is 0.228 e. The van der Waals surface area contributed by atoms with Gasteiger partial charge in [-0.1, -0.05) is 0 Å². The number of ether oxygens (including phenoxy) is 2. The molecule has 0 aromatic heterocycles. The number of benzene rings is 1. The molecule has 1 aromatic rings. The van der Waals surface area contributed by atoms with E-state index in [-0.39, 0.29) is 28.2 Å². The number of fused-ring (bicyclic) bond motifs is 1. The Balaban J connectivity index is 2.77. The average Bonchev–Trinajstić information content (AvgIpc) is 2.41. The summed E-state index contributed by atoms with van der Waals surface area (Å²) in [7, 11) is 2.62. The molecule has 6 nitrogen and oxygen atoms in total. The van der Waals surface area contributed by atoms with Crippen molar-refractivity contribution in [2.45, 2.75) is 13.0 Å². The Morgan fingerprint density at radius 3 is 2.35 bits per heavy atom. The van der Waals surface area contributed by atoms with Gasteiger partial charge in [-0.2, -0.15) is 0 Å². The van der Waals surface area contributed by atoms with Gasteiger partial charge in [0, 0.05) is 11.6 Å². The third-order valence-corrected chi connectivity index (χ3v) is 3.14. The van der Waals surface area contributed by atoms with Gasteiger partial charge in [0.05, 0.1) is 31.5 Å². The number of rotatable bonds is 3. The Hall–Kier alpha value is -2.34. The van der Waals surface area contributed by atoms with Crippen LogP contribution in [-0.2, 0) is 4.74 Å². The molecule has 1 aliphatic carbocycles. The number of carbonyl (C=O) groups excluding carboxylic acids is 2. The molecular weight excluding hydrogens is 264 g/mol. The molecule has 0 amide bonds. The first-order chi connectivity index (χ1) is 9.42. The summed E-state index contributed by atoms with van der Waals surface area (Å²) < 4.78 is 9.90. The first-order valence-electron chi connectivity index (χ1n) is 5.89. The number of aliphatic hydroxyl groups excluding tert-OH is 1. The summed E-state index contributed by atoms with van der Waals surface area (Å²) >= 11 is 0. The SMILES string of the molecule is COC1=CC(=O)c2c(cc(OC)c(C(C)O)c2O)C1=O. The molecule has 0 saturated carbocycles. The summed E-state index contributed by atoms with van der Waals surface area (Å²) in [5.41, 5.74) is -0.0812. The lowest BCUT2D eigenvalue weighted by Crippen LogP contribution is -2.19. The van der Waals surface area contributed by atoms with Gasteiger partial charge in [0.25, 0.3) is 0 Å². The van der Waals surface area contributed by atoms with Gasteiger partial charge in [0.2, 0.25) is 5.78 Å². The molecule has 0 radical (unpaired) electrons. The Kier molecular flexibility index (Phi) is 3.50. The maximum atomic E-state index is 12.1. The molecule has 0 fully saturated rings. The number of allylic oxidation sites excluding steroid dienone is 2. The van der Waals surface area contributed by atoms with Crippen molar-refractivity contribution in [1.29, 1.82) is 0 Å². The smallest absolute Gasteiger partial charge is 0.228 e. The number of aliphatic hydroxyl groups is 1. The molecule has 20 heavy (non-hydrogen) atoms. The molecule has 0 saturated heterocycles. The molecule has 2 rings (SSSR count). The molecule has 0 aliphatic heterocycles. The van der Waals surface area contributed by atoms with Gasteiger partial charge in [0.1, 0.15) is 11.5 Å². The van der Waals surface area contributed by atoms with Crippen molar-refractivity contribution in [3.8, 4) is 11.5 Å². The minimum Gasteiger partial charge on any atom is -0.507 e. The highest BCUT2D eigenvalue weighted by Gasteiger charge is 2.33. The predicted octanol–water partition coefficient (Wildman–Crippen LogP) is 1.36. The maximum absolute atomic E-state index is 12.1. The van der Waals surface area contributed by atoms with Crippen molar-refractivity contribution in [3.63, 3.8) is 0 Å². The zero-order valence-electron chi connectivity index (χ0n) is 11.3. The van der Waals surface area contributed by atoms with E-state index >= 15 is 0 Å². The van der Waals surface area contributed by atoms with Crippen LogP contribution in [0.15, 0.2) is 17.9 Å². The highest BCUT2D eigenvalue weighted by atomic mass is 16.5. The zero-order valence-corrected chi connectivity index (χ0v) is 11.3. The van der Waals surface area contributed by atoms with Crippen LogP contribution in [0.3, 0.4) is 0 Å². The van der Waals surface area contributed by atoms with Crippen LogP contribution in [0, 0.1) is 0 Å². The fourth-order valence-electron chi connectivity index (χ4n) is 2.20. The minimum atomic E-state index is -1.05. The Morgan fingerprint density at radius 1 is 1.20 bits per heavy atom. The first kappa shape index (κ1) is 14.1. The van der Waals surface area contributed by atoms with Crippen molar-refractivity contribution in [1.82, 2.24) is 0 Å². The zero-order chi connectivity index (χ0) is 15.0. The summed E-state index contributed by atoms with van der Waals surface area (Å²) in [5.74, 6) is -1.49. The van der Waals surface area contributed by atoms with Gasteiger partial charge >= 0.3 is 0 Å². The summed E-state index contributed by atoms with van der Waals surface area (Å²) in [4.78, 5) is 24.1. The van der Waals surface area contributed by atoms with Gasteiger partial charge in [-0.25, -0.2) is 0 Å². The van der Waals surface area contributed by atoms with Crippen molar-refractivity contribution < 1.29 is 29.3 Å². The highest BCUT2D eigenvalue weighted by molar-refractivity contribution is 6.25. The van der Waals surface area contributed by atoms with E-state index in [9.17, 15) is 19.8 Å². The molecular formula is C14H14O6. The molecule has 0 heterocycles. The van der Waals surface area contributed by atoms with Crippen molar-refractivity contribution in [2.24, 2.45) is 0 Å². The molecule has 2 N–H and O–H groups in total. The van der Waals surface area contributed by atoms with E-state index in [1.165, 1.54) is 27.2 Å². The number of hydrogen-bond donors (Lipinski definition) is 2. The summed E-state index contributed by atoms with van der Waals surface area (Å²) in [5, 5.41) is 19.9. The number of phenols is 1. The molecule has 1 atom stereocenters. The van der Waals surface area contributed by atoms with E-state index in [4.69, 9.17) is 9.47 Å². The van der Waals surface area contributed by atoms with Crippen LogP contribution in [0.2, 0.25) is 0 Å². The molecule has 1 aromatic carbocycles. The van der Waals surface area contributed by atoms with Gasteiger partial charge in [0.15, 0.2) is 11.5 Å². The third-order valence-electron chi connectivity index (χ3n) is 3.14. The fraction of sp³-hybridized carbons (Fsp3) is 0.286. The summed E-state index contributed by atoms with van der Waals surface area (Å²) in [6, 6.07) is 1.32. The Bertz CT molecular complexity index is 627. The largest absolute Gasteiger partial charge is 0.507 e. The van der Waals surface area contributed by atoms with Gasteiger partial charge in [-0.3, -0.25) is 9.59 Å². The monoisotopic (exact) mass is 278 g/mol. The summed E-state index contributed by atoms with van der Waals surface area (Å²) in [6.45, 7) is 1.43. The molecule has 1 aliphatic rings. The summed E-state index contributed by atoms with van der Waals surface area (Å²) in [6.07, 6.45) is -0.0335. The molecule has 6 heteroatoms.